The molecule has 100 valence electrons. The molecule has 1 heterocycles. The van der Waals surface area contributed by atoms with Crippen molar-refractivity contribution in [2.24, 2.45) is 0 Å². The number of nitrogens with two attached hydrogens (primary N) is 1. The molecular weight excluding hydrogens is 240 g/mol. The second-order valence-corrected chi connectivity index (χ2v) is 4.68. The summed E-state index contributed by atoms with van der Waals surface area (Å²) in [5.74, 6) is 1.69. The van der Waals surface area contributed by atoms with Crippen molar-refractivity contribution in [3.05, 3.63) is 53.5 Å². The number of hydrogen-bond acceptors (Lipinski definition) is 3. The van der Waals surface area contributed by atoms with Crippen LogP contribution in [0.2, 0.25) is 0 Å². The van der Waals surface area contributed by atoms with E-state index in [1.807, 2.05) is 43.3 Å². The summed E-state index contributed by atoms with van der Waals surface area (Å²) >= 11 is 0. The molecule has 0 aliphatic carbocycles. The first kappa shape index (κ1) is 13.2. The van der Waals surface area contributed by atoms with Gasteiger partial charge in [-0.3, -0.25) is 4.79 Å². The SMILES string of the molecule is Cc1ccc(CN(C)C(=O)Cc2cccc(N)c2)o1. The smallest absolute Gasteiger partial charge is 0.227 e. The molecule has 1 amide bonds. The number of amides is 1. The van der Waals surface area contributed by atoms with Gasteiger partial charge in [0, 0.05) is 12.7 Å². The summed E-state index contributed by atoms with van der Waals surface area (Å²) in [5, 5.41) is 0. The Hall–Kier alpha value is -2.23. The van der Waals surface area contributed by atoms with Gasteiger partial charge in [-0.15, -0.1) is 0 Å². The van der Waals surface area contributed by atoms with Crippen LogP contribution in [0, 0.1) is 6.92 Å². The van der Waals surface area contributed by atoms with E-state index in [0.717, 1.165) is 17.1 Å². The Morgan fingerprint density at radius 3 is 2.74 bits per heavy atom. The first-order valence-electron chi connectivity index (χ1n) is 6.18. The number of hydrogen-bond donors (Lipinski definition) is 1. The van der Waals surface area contributed by atoms with Crippen LogP contribution in [0.1, 0.15) is 17.1 Å². The minimum absolute atomic E-state index is 0.0413. The Morgan fingerprint density at radius 1 is 1.32 bits per heavy atom. The molecule has 0 saturated heterocycles. The Balaban J connectivity index is 1.96. The molecule has 2 aromatic rings. The fraction of sp³-hybridized carbons (Fsp3) is 0.267. The number of aryl methyl sites for hydroxylation is 1. The van der Waals surface area contributed by atoms with E-state index in [2.05, 4.69) is 0 Å². The van der Waals surface area contributed by atoms with E-state index in [4.69, 9.17) is 10.2 Å². The predicted octanol–water partition coefficient (Wildman–Crippen LogP) is 2.37. The maximum atomic E-state index is 12.1. The number of carbonyl (C=O) groups excluding carboxylic acids is 1. The molecule has 2 N–H and O–H groups in total. The van der Waals surface area contributed by atoms with E-state index in [1.54, 1.807) is 11.9 Å². The van der Waals surface area contributed by atoms with Crippen LogP contribution < -0.4 is 5.73 Å². The number of furan rings is 1. The third kappa shape index (κ3) is 3.61. The van der Waals surface area contributed by atoms with Gasteiger partial charge in [0.05, 0.1) is 13.0 Å². The molecule has 0 bridgehead atoms. The minimum Gasteiger partial charge on any atom is -0.464 e. The number of nitrogens with zero attached hydrogens (tertiary/aromatic N) is 1. The fourth-order valence-corrected chi connectivity index (χ4v) is 1.90. The van der Waals surface area contributed by atoms with Crippen LogP contribution >= 0.6 is 0 Å². The predicted molar refractivity (Wildman–Crippen MR) is 74.5 cm³/mol. The van der Waals surface area contributed by atoms with E-state index in [1.165, 1.54) is 0 Å². The number of rotatable bonds is 4. The molecule has 1 aromatic carbocycles. The second-order valence-electron chi connectivity index (χ2n) is 4.68. The zero-order valence-electron chi connectivity index (χ0n) is 11.2. The van der Waals surface area contributed by atoms with E-state index in [9.17, 15) is 4.79 Å². The normalized spacial score (nSPS) is 10.4. The van der Waals surface area contributed by atoms with Crippen molar-refractivity contribution in [2.45, 2.75) is 19.9 Å². The molecule has 0 radical (unpaired) electrons. The van der Waals surface area contributed by atoms with Gasteiger partial charge in [0.2, 0.25) is 5.91 Å². The topological polar surface area (TPSA) is 59.5 Å². The lowest BCUT2D eigenvalue weighted by molar-refractivity contribution is -0.129. The summed E-state index contributed by atoms with van der Waals surface area (Å²) in [6.45, 7) is 2.37. The third-order valence-corrected chi connectivity index (χ3v) is 2.92. The molecule has 4 nitrogen and oxygen atoms in total. The minimum atomic E-state index is 0.0413. The molecule has 0 atom stereocenters. The molecule has 0 aliphatic rings. The van der Waals surface area contributed by atoms with E-state index >= 15 is 0 Å². The maximum Gasteiger partial charge on any atom is 0.227 e. The highest BCUT2D eigenvalue weighted by atomic mass is 16.3. The Morgan fingerprint density at radius 2 is 2.11 bits per heavy atom. The number of anilines is 1. The highest BCUT2D eigenvalue weighted by molar-refractivity contribution is 5.78. The van der Waals surface area contributed by atoms with Crippen molar-refractivity contribution in [3.8, 4) is 0 Å². The van der Waals surface area contributed by atoms with Gasteiger partial charge in [0.1, 0.15) is 11.5 Å². The lowest BCUT2D eigenvalue weighted by Gasteiger charge is -2.15. The number of benzene rings is 1. The number of carbonyl (C=O) groups is 1. The summed E-state index contributed by atoms with van der Waals surface area (Å²) in [7, 11) is 1.77. The molecule has 4 heteroatoms. The van der Waals surface area contributed by atoms with Gasteiger partial charge in [0.15, 0.2) is 0 Å². The zero-order valence-corrected chi connectivity index (χ0v) is 11.2. The lowest BCUT2D eigenvalue weighted by atomic mass is 10.1. The van der Waals surface area contributed by atoms with E-state index < -0.39 is 0 Å². The Kier molecular flexibility index (Phi) is 3.90. The van der Waals surface area contributed by atoms with Crippen LogP contribution in [-0.2, 0) is 17.8 Å². The van der Waals surface area contributed by atoms with Gasteiger partial charge in [-0.1, -0.05) is 12.1 Å². The van der Waals surface area contributed by atoms with Crippen LogP contribution in [0.4, 0.5) is 5.69 Å². The fourth-order valence-electron chi connectivity index (χ4n) is 1.90. The standard InChI is InChI=1S/C15H18N2O2/c1-11-6-7-14(19-11)10-17(2)15(18)9-12-4-3-5-13(16)8-12/h3-8H,9-10,16H2,1-2H3. The van der Waals surface area contributed by atoms with Gasteiger partial charge in [0.25, 0.3) is 0 Å². The summed E-state index contributed by atoms with van der Waals surface area (Å²) < 4.78 is 5.46. The van der Waals surface area contributed by atoms with Crippen molar-refractivity contribution in [3.63, 3.8) is 0 Å². The average Bonchev–Trinajstić information content (AvgIpc) is 2.74. The molecule has 0 saturated carbocycles. The van der Waals surface area contributed by atoms with Crippen LogP contribution in [0.5, 0.6) is 0 Å². The quantitative estimate of drug-likeness (QED) is 0.856. The van der Waals surface area contributed by atoms with Crippen molar-refractivity contribution in [1.29, 1.82) is 0 Å². The largest absolute Gasteiger partial charge is 0.464 e. The molecule has 0 unspecified atom stereocenters. The molecule has 1 aromatic heterocycles. The molecule has 0 spiro atoms. The summed E-state index contributed by atoms with van der Waals surface area (Å²) in [6.07, 6.45) is 0.348. The van der Waals surface area contributed by atoms with Gasteiger partial charge in [-0.2, -0.15) is 0 Å². The van der Waals surface area contributed by atoms with Crippen molar-refractivity contribution < 1.29 is 9.21 Å². The highest BCUT2D eigenvalue weighted by Gasteiger charge is 2.12. The maximum absolute atomic E-state index is 12.1. The molecule has 19 heavy (non-hydrogen) atoms. The monoisotopic (exact) mass is 258 g/mol. The Labute approximate surface area is 112 Å². The van der Waals surface area contributed by atoms with Crippen molar-refractivity contribution in [2.75, 3.05) is 12.8 Å². The van der Waals surface area contributed by atoms with Crippen LogP contribution in [0.3, 0.4) is 0 Å². The molecular formula is C15H18N2O2. The van der Waals surface area contributed by atoms with Gasteiger partial charge < -0.3 is 15.1 Å². The van der Waals surface area contributed by atoms with Gasteiger partial charge in [-0.05, 0) is 36.8 Å². The summed E-state index contributed by atoms with van der Waals surface area (Å²) in [5.41, 5.74) is 7.30. The molecule has 0 fully saturated rings. The second kappa shape index (κ2) is 5.61. The highest BCUT2D eigenvalue weighted by Crippen LogP contribution is 2.11. The third-order valence-electron chi connectivity index (χ3n) is 2.92. The number of likely N-dealkylation sites (N-methyl/N-ethyl adjacent to an activating group) is 1. The van der Waals surface area contributed by atoms with Gasteiger partial charge >= 0.3 is 0 Å². The molecule has 2 rings (SSSR count). The van der Waals surface area contributed by atoms with Crippen molar-refractivity contribution in [1.82, 2.24) is 4.90 Å². The van der Waals surface area contributed by atoms with Crippen molar-refractivity contribution >= 4 is 11.6 Å². The first-order chi connectivity index (χ1) is 9.04. The van der Waals surface area contributed by atoms with Crippen LogP contribution in [0.15, 0.2) is 40.8 Å². The Bertz CT molecular complexity index is 575. The van der Waals surface area contributed by atoms with E-state index in [0.29, 0.717) is 18.7 Å². The van der Waals surface area contributed by atoms with Gasteiger partial charge in [-0.25, -0.2) is 0 Å². The van der Waals surface area contributed by atoms with Crippen LogP contribution in [-0.4, -0.2) is 17.9 Å². The van der Waals surface area contributed by atoms with E-state index in [-0.39, 0.29) is 5.91 Å². The zero-order chi connectivity index (χ0) is 13.8. The lowest BCUT2D eigenvalue weighted by Crippen LogP contribution is -2.27. The first-order valence-corrected chi connectivity index (χ1v) is 6.18. The summed E-state index contributed by atoms with van der Waals surface area (Å²) in [6, 6.07) is 11.2. The molecule has 0 aliphatic heterocycles. The van der Waals surface area contributed by atoms with Crippen LogP contribution in [0.25, 0.3) is 0 Å². The number of nitrogen functional groups attached to an aromatic ring is 1. The summed E-state index contributed by atoms with van der Waals surface area (Å²) in [4.78, 5) is 13.7. The average molecular weight is 258 g/mol.